The van der Waals surface area contributed by atoms with Crippen LogP contribution in [0.2, 0.25) is 0 Å². The molecule has 0 spiro atoms. The molecule has 0 aromatic heterocycles. The summed E-state index contributed by atoms with van der Waals surface area (Å²) in [5.74, 6) is -0.182. The van der Waals surface area contributed by atoms with Crippen LogP contribution in [0.15, 0.2) is 24.3 Å². The number of unbranched alkanes of at least 4 members (excludes halogenated alkanes) is 17. The largest absolute Gasteiger partial charge is 0.756 e. The zero-order chi connectivity index (χ0) is 35.1. The molecule has 0 radical (unpaired) electrons. The molecule has 9 heteroatoms. The molecule has 3 unspecified atom stereocenters. The Kier molecular flexibility index (Phi) is 30.3. The Labute approximate surface area is 290 Å². The van der Waals surface area contributed by atoms with Crippen molar-refractivity contribution in [2.45, 2.75) is 174 Å². The topological polar surface area (TPSA) is 108 Å². The summed E-state index contributed by atoms with van der Waals surface area (Å²) >= 11 is 0. The first-order chi connectivity index (χ1) is 22.5. The van der Waals surface area contributed by atoms with Crippen molar-refractivity contribution in [1.82, 2.24) is 5.32 Å². The number of aliphatic hydroxyl groups is 1. The molecule has 0 bridgehead atoms. The van der Waals surface area contributed by atoms with Gasteiger partial charge in [-0.05, 0) is 38.5 Å². The van der Waals surface area contributed by atoms with Crippen molar-refractivity contribution in [1.29, 1.82) is 0 Å². The summed E-state index contributed by atoms with van der Waals surface area (Å²) in [6, 6.07) is -0.803. The Morgan fingerprint density at radius 3 is 1.85 bits per heavy atom. The Morgan fingerprint density at radius 1 is 0.745 bits per heavy atom. The molecule has 1 amide bonds. The zero-order valence-corrected chi connectivity index (χ0v) is 32.1. The highest BCUT2D eigenvalue weighted by Gasteiger charge is 2.24. The number of hydrogen-bond acceptors (Lipinski definition) is 6. The van der Waals surface area contributed by atoms with Crippen molar-refractivity contribution < 1.29 is 32.9 Å². The van der Waals surface area contributed by atoms with Crippen molar-refractivity contribution in [2.75, 3.05) is 40.9 Å². The van der Waals surface area contributed by atoms with Gasteiger partial charge in [-0.2, -0.15) is 0 Å². The molecule has 0 fully saturated rings. The smallest absolute Gasteiger partial charge is 0.268 e. The third-order valence-electron chi connectivity index (χ3n) is 8.42. The third kappa shape index (κ3) is 33.3. The first-order valence-corrected chi connectivity index (χ1v) is 20.6. The molecular formula is C38H75N2O6P. The van der Waals surface area contributed by atoms with Crippen molar-refractivity contribution in [3.8, 4) is 0 Å². The summed E-state index contributed by atoms with van der Waals surface area (Å²) in [5, 5.41) is 13.8. The quantitative estimate of drug-likeness (QED) is 0.0303. The molecule has 47 heavy (non-hydrogen) atoms. The lowest BCUT2D eigenvalue weighted by atomic mass is 10.0. The number of carbonyl (C=O) groups excluding carboxylic acids is 1. The van der Waals surface area contributed by atoms with E-state index in [9.17, 15) is 19.4 Å². The van der Waals surface area contributed by atoms with Gasteiger partial charge in [0, 0.05) is 6.42 Å². The highest BCUT2D eigenvalue weighted by Crippen LogP contribution is 2.38. The number of amides is 1. The van der Waals surface area contributed by atoms with Crippen molar-refractivity contribution >= 4 is 13.7 Å². The molecule has 0 rings (SSSR count). The number of hydrogen-bond donors (Lipinski definition) is 2. The minimum atomic E-state index is -4.56. The van der Waals surface area contributed by atoms with Crippen molar-refractivity contribution in [3.63, 3.8) is 0 Å². The standard InChI is InChI=1S/C38H75N2O6P/c1-6-8-10-12-14-16-18-20-22-24-26-28-30-32-38(42)39-36(35-46-47(43,44)45-34-33-40(3,4)5)37(41)31-29-27-25-23-21-19-17-15-13-11-9-7-2/h10,12,16,18,36-37,41H,6-9,11,13-15,17,19-35H2,1-5H3,(H-,39,42,43,44)/b12-10-,18-16-. The summed E-state index contributed by atoms with van der Waals surface area (Å²) in [6.45, 7) is 4.61. The molecule has 0 saturated carbocycles. The fourth-order valence-electron chi connectivity index (χ4n) is 5.31. The fourth-order valence-corrected chi connectivity index (χ4v) is 6.03. The third-order valence-corrected chi connectivity index (χ3v) is 9.39. The minimum absolute atomic E-state index is 0.00932. The van der Waals surface area contributed by atoms with Crippen LogP contribution in [0.5, 0.6) is 0 Å². The molecule has 8 nitrogen and oxygen atoms in total. The molecule has 0 aliphatic heterocycles. The van der Waals surface area contributed by atoms with E-state index in [1.54, 1.807) is 0 Å². The normalized spacial score (nSPS) is 15.0. The highest BCUT2D eigenvalue weighted by atomic mass is 31.2. The van der Waals surface area contributed by atoms with Gasteiger partial charge >= 0.3 is 0 Å². The number of allylic oxidation sites excluding steroid dienone is 4. The van der Waals surface area contributed by atoms with E-state index in [1.165, 1.54) is 64.2 Å². The second kappa shape index (κ2) is 31.0. The molecule has 0 aromatic rings. The summed E-state index contributed by atoms with van der Waals surface area (Å²) in [6.07, 6.45) is 33.1. The minimum Gasteiger partial charge on any atom is -0.756 e. The van der Waals surface area contributed by atoms with Gasteiger partial charge in [-0.1, -0.05) is 141 Å². The lowest BCUT2D eigenvalue weighted by molar-refractivity contribution is -0.870. The van der Waals surface area contributed by atoms with Crippen molar-refractivity contribution in [3.05, 3.63) is 24.3 Å². The van der Waals surface area contributed by atoms with E-state index in [2.05, 4.69) is 43.5 Å². The van der Waals surface area contributed by atoms with E-state index in [-0.39, 0.29) is 19.1 Å². The number of nitrogens with one attached hydrogen (secondary N) is 1. The SMILES string of the molecule is CCC/C=C\C/C=C\CCCCCCCC(=O)NC(COP(=O)([O-])OCC[N+](C)(C)C)C(O)CCCCCCCCCCCCCC. The second-order valence-electron chi connectivity index (χ2n) is 14.3. The van der Waals surface area contributed by atoms with Crippen LogP contribution >= 0.6 is 7.82 Å². The van der Waals surface area contributed by atoms with Gasteiger partial charge in [0.25, 0.3) is 7.82 Å². The van der Waals surface area contributed by atoms with Gasteiger partial charge in [0.2, 0.25) is 5.91 Å². The predicted molar refractivity (Wildman–Crippen MR) is 196 cm³/mol. The summed E-state index contributed by atoms with van der Waals surface area (Å²) < 4.78 is 23.1. The molecule has 0 aliphatic carbocycles. The Hall–Kier alpha value is -1.02. The second-order valence-corrected chi connectivity index (χ2v) is 15.7. The molecule has 3 atom stereocenters. The van der Waals surface area contributed by atoms with Crippen LogP contribution in [0, 0.1) is 0 Å². The summed E-state index contributed by atoms with van der Waals surface area (Å²) in [5.41, 5.74) is 0. The lowest BCUT2D eigenvalue weighted by Gasteiger charge is -2.30. The average molecular weight is 687 g/mol. The molecular weight excluding hydrogens is 611 g/mol. The molecule has 0 saturated heterocycles. The summed E-state index contributed by atoms with van der Waals surface area (Å²) in [4.78, 5) is 25.2. The van der Waals surface area contributed by atoms with E-state index in [4.69, 9.17) is 9.05 Å². The first kappa shape index (κ1) is 46.0. The van der Waals surface area contributed by atoms with Crippen LogP contribution in [0.3, 0.4) is 0 Å². The Balaban J connectivity index is 4.50. The van der Waals surface area contributed by atoms with E-state index in [0.717, 1.165) is 70.6 Å². The van der Waals surface area contributed by atoms with Gasteiger partial charge in [-0.15, -0.1) is 0 Å². The number of aliphatic hydroxyl groups excluding tert-OH is 1. The number of likely N-dealkylation sites (N-methyl/N-ethyl adjacent to an activating group) is 1. The number of rotatable bonds is 34. The van der Waals surface area contributed by atoms with E-state index in [0.29, 0.717) is 23.9 Å². The number of phosphoric acid groups is 1. The highest BCUT2D eigenvalue weighted by molar-refractivity contribution is 7.45. The molecule has 0 heterocycles. The number of nitrogens with zero attached hydrogens (tertiary/aromatic N) is 1. The van der Waals surface area contributed by atoms with Crippen LogP contribution < -0.4 is 10.2 Å². The number of carbonyl (C=O) groups is 1. The van der Waals surface area contributed by atoms with Crippen LogP contribution in [0.4, 0.5) is 0 Å². The van der Waals surface area contributed by atoms with Crippen LogP contribution in [-0.4, -0.2) is 68.5 Å². The Bertz CT molecular complexity index is 829. The lowest BCUT2D eigenvalue weighted by Crippen LogP contribution is -2.46. The molecule has 0 aliphatic rings. The number of phosphoric ester groups is 1. The van der Waals surface area contributed by atoms with Crippen LogP contribution in [-0.2, 0) is 18.4 Å². The van der Waals surface area contributed by atoms with Gasteiger partial charge in [-0.3, -0.25) is 9.36 Å². The predicted octanol–water partition coefficient (Wildman–Crippen LogP) is 9.16. The summed E-state index contributed by atoms with van der Waals surface area (Å²) in [7, 11) is 1.29. The van der Waals surface area contributed by atoms with Gasteiger partial charge in [0.05, 0.1) is 39.9 Å². The molecule has 278 valence electrons. The fraction of sp³-hybridized carbons (Fsp3) is 0.868. The van der Waals surface area contributed by atoms with Gasteiger partial charge in [-0.25, -0.2) is 0 Å². The van der Waals surface area contributed by atoms with Gasteiger partial charge in [0.15, 0.2) is 0 Å². The maximum absolute atomic E-state index is 12.8. The van der Waals surface area contributed by atoms with Crippen LogP contribution in [0.25, 0.3) is 0 Å². The zero-order valence-electron chi connectivity index (χ0n) is 31.2. The molecule has 0 aromatic carbocycles. The Morgan fingerprint density at radius 2 is 1.28 bits per heavy atom. The van der Waals surface area contributed by atoms with Gasteiger partial charge in [0.1, 0.15) is 13.2 Å². The number of quaternary nitrogens is 1. The van der Waals surface area contributed by atoms with E-state index >= 15 is 0 Å². The monoisotopic (exact) mass is 687 g/mol. The van der Waals surface area contributed by atoms with E-state index < -0.39 is 20.0 Å². The van der Waals surface area contributed by atoms with Gasteiger partial charge < -0.3 is 28.8 Å². The van der Waals surface area contributed by atoms with Crippen LogP contribution in [0.1, 0.15) is 162 Å². The molecule has 2 N–H and O–H groups in total. The first-order valence-electron chi connectivity index (χ1n) is 19.2. The maximum atomic E-state index is 12.8. The van der Waals surface area contributed by atoms with Crippen molar-refractivity contribution in [2.24, 2.45) is 0 Å². The average Bonchev–Trinajstić information content (AvgIpc) is 3.01. The maximum Gasteiger partial charge on any atom is 0.268 e. The van der Waals surface area contributed by atoms with E-state index in [1.807, 2.05) is 21.1 Å².